The summed E-state index contributed by atoms with van der Waals surface area (Å²) in [4.78, 5) is 15.9. The van der Waals surface area contributed by atoms with Gasteiger partial charge in [-0.05, 0) is 30.3 Å². The molecule has 0 aliphatic heterocycles. The number of pyridine rings is 1. The summed E-state index contributed by atoms with van der Waals surface area (Å²) in [5, 5.41) is 4.46. The highest BCUT2D eigenvalue weighted by Gasteiger charge is 2.17. The maximum Gasteiger partial charge on any atom is 0.257 e. The van der Waals surface area contributed by atoms with Gasteiger partial charge in [-0.25, -0.2) is 26.3 Å². The fraction of sp³-hybridized carbons (Fsp3) is 0. The minimum atomic E-state index is -1.75. The smallest absolute Gasteiger partial charge is 0.257 e. The number of carbonyl (C=O) groups is 1. The van der Waals surface area contributed by atoms with E-state index in [-0.39, 0.29) is 11.3 Å². The maximum atomic E-state index is 13.7. The Morgan fingerprint density at radius 2 is 1.32 bits per heavy atom. The molecule has 10 heteroatoms. The average molecular weight is 397 g/mol. The van der Waals surface area contributed by atoms with E-state index in [0.717, 1.165) is 30.6 Å². The highest BCUT2D eigenvalue weighted by molar-refractivity contribution is 6.04. The number of nitrogens with one attached hydrogen (secondary N) is 2. The number of benzene rings is 2. The van der Waals surface area contributed by atoms with Gasteiger partial charge in [0.25, 0.3) is 5.91 Å². The Balaban J connectivity index is 1.83. The zero-order valence-electron chi connectivity index (χ0n) is 13.7. The summed E-state index contributed by atoms with van der Waals surface area (Å²) in [5.74, 6) is -10.2. The Bertz CT molecular complexity index is 1070. The molecule has 0 fully saturated rings. The van der Waals surface area contributed by atoms with Gasteiger partial charge in [-0.3, -0.25) is 9.78 Å². The standard InChI is InChI=1S/C18H9F6N3O/c19-10-1-3-12(16(23)14(10)21)26-9-5-8(6-25-7-9)18(28)27-13-4-2-11(20)15(22)17(13)24/h1-7,26H,(H,27,28). The Labute approximate surface area is 153 Å². The fourth-order valence-electron chi connectivity index (χ4n) is 2.23. The SMILES string of the molecule is O=C(Nc1ccc(F)c(F)c1F)c1cncc(Nc2ccc(F)c(F)c2F)c1. The van der Waals surface area contributed by atoms with Gasteiger partial charge in [0.2, 0.25) is 0 Å². The van der Waals surface area contributed by atoms with Crippen LogP contribution in [0.25, 0.3) is 0 Å². The Morgan fingerprint density at radius 3 is 1.96 bits per heavy atom. The summed E-state index contributed by atoms with van der Waals surface area (Å²) < 4.78 is 79.8. The molecule has 28 heavy (non-hydrogen) atoms. The van der Waals surface area contributed by atoms with Crippen molar-refractivity contribution in [3.05, 3.63) is 83.2 Å². The van der Waals surface area contributed by atoms with E-state index in [1.165, 1.54) is 0 Å². The first-order chi connectivity index (χ1) is 13.3. The van der Waals surface area contributed by atoms with Gasteiger partial charge in [0.15, 0.2) is 34.9 Å². The monoisotopic (exact) mass is 397 g/mol. The quantitative estimate of drug-likeness (QED) is 0.486. The van der Waals surface area contributed by atoms with Gasteiger partial charge in [-0.15, -0.1) is 0 Å². The summed E-state index contributed by atoms with van der Waals surface area (Å²) >= 11 is 0. The van der Waals surface area contributed by atoms with Gasteiger partial charge >= 0.3 is 0 Å². The average Bonchev–Trinajstić information content (AvgIpc) is 2.69. The lowest BCUT2D eigenvalue weighted by atomic mass is 10.2. The van der Waals surface area contributed by atoms with E-state index < -0.39 is 52.2 Å². The predicted molar refractivity (Wildman–Crippen MR) is 88.1 cm³/mol. The van der Waals surface area contributed by atoms with Crippen LogP contribution < -0.4 is 10.6 Å². The Kier molecular flexibility index (Phi) is 5.21. The lowest BCUT2D eigenvalue weighted by molar-refractivity contribution is 0.102. The molecule has 3 aromatic rings. The highest BCUT2D eigenvalue weighted by atomic mass is 19.2. The van der Waals surface area contributed by atoms with Crippen LogP contribution in [0.15, 0.2) is 42.7 Å². The molecule has 0 saturated carbocycles. The molecule has 0 atom stereocenters. The van der Waals surface area contributed by atoms with Crippen LogP contribution in [0.4, 0.5) is 43.4 Å². The van der Waals surface area contributed by atoms with Crippen LogP contribution in [-0.4, -0.2) is 10.9 Å². The molecular formula is C18H9F6N3O. The molecule has 0 spiro atoms. The number of hydrogen-bond acceptors (Lipinski definition) is 3. The zero-order valence-corrected chi connectivity index (χ0v) is 13.7. The molecule has 0 saturated heterocycles. The first kappa shape index (κ1) is 19.2. The normalized spacial score (nSPS) is 10.6. The first-order valence-electron chi connectivity index (χ1n) is 7.58. The summed E-state index contributed by atoms with van der Waals surface area (Å²) in [5.41, 5.74) is -1.14. The number of hydrogen-bond donors (Lipinski definition) is 2. The second-order valence-electron chi connectivity index (χ2n) is 5.49. The third-order valence-corrected chi connectivity index (χ3v) is 3.60. The number of aromatic nitrogens is 1. The molecule has 1 heterocycles. The van der Waals surface area contributed by atoms with Crippen LogP contribution in [0, 0.1) is 34.9 Å². The van der Waals surface area contributed by atoms with Crippen molar-refractivity contribution in [2.75, 3.05) is 10.6 Å². The van der Waals surface area contributed by atoms with Crippen LogP contribution in [0.3, 0.4) is 0 Å². The molecule has 4 nitrogen and oxygen atoms in total. The lowest BCUT2D eigenvalue weighted by Gasteiger charge is -2.10. The van der Waals surface area contributed by atoms with E-state index in [1.807, 2.05) is 5.32 Å². The van der Waals surface area contributed by atoms with Crippen molar-refractivity contribution in [3.8, 4) is 0 Å². The van der Waals surface area contributed by atoms with Crippen LogP contribution in [0.5, 0.6) is 0 Å². The van der Waals surface area contributed by atoms with Crippen LogP contribution in [0.1, 0.15) is 10.4 Å². The number of amides is 1. The Morgan fingerprint density at radius 1 is 0.750 bits per heavy atom. The molecule has 144 valence electrons. The predicted octanol–water partition coefficient (Wildman–Crippen LogP) is 4.91. The highest BCUT2D eigenvalue weighted by Crippen LogP contribution is 2.24. The van der Waals surface area contributed by atoms with Crippen molar-refractivity contribution < 1.29 is 31.1 Å². The topological polar surface area (TPSA) is 54.0 Å². The van der Waals surface area contributed by atoms with Crippen molar-refractivity contribution in [1.82, 2.24) is 4.98 Å². The maximum absolute atomic E-state index is 13.7. The third-order valence-electron chi connectivity index (χ3n) is 3.60. The molecule has 1 amide bonds. The molecule has 0 radical (unpaired) electrons. The second kappa shape index (κ2) is 7.59. The molecule has 2 N–H and O–H groups in total. The van der Waals surface area contributed by atoms with Crippen LogP contribution in [0.2, 0.25) is 0 Å². The summed E-state index contributed by atoms with van der Waals surface area (Å²) in [7, 11) is 0. The van der Waals surface area contributed by atoms with Crippen molar-refractivity contribution in [3.63, 3.8) is 0 Å². The lowest BCUT2D eigenvalue weighted by Crippen LogP contribution is -2.14. The fourth-order valence-corrected chi connectivity index (χ4v) is 2.23. The molecule has 0 unspecified atom stereocenters. The van der Waals surface area contributed by atoms with Crippen LogP contribution >= 0.6 is 0 Å². The molecule has 0 bridgehead atoms. The van der Waals surface area contributed by atoms with E-state index in [9.17, 15) is 31.1 Å². The molecule has 0 aliphatic carbocycles. The third kappa shape index (κ3) is 3.75. The van der Waals surface area contributed by atoms with Gasteiger partial charge in [0.1, 0.15) is 0 Å². The van der Waals surface area contributed by atoms with E-state index in [0.29, 0.717) is 12.1 Å². The minimum absolute atomic E-state index is 0.0308. The van der Waals surface area contributed by atoms with Crippen molar-refractivity contribution in [1.29, 1.82) is 0 Å². The molecule has 2 aromatic carbocycles. The number of anilines is 3. The summed E-state index contributed by atoms with van der Waals surface area (Å²) in [6.45, 7) is 0. The number of halogens is 6. The minimum Gasteiger partial charge on any atom is -0.352 e. The number of rotatable bonds is 4. The summed E-state index contributed by atoms with van der Waals surface area (Å²) in [6, 6.07) is 4.27. The largest absolute Gasteiger partial charge is 0.352 e. The molecule has 3 rings (SSSR count). The number of nitrogens with zero attached hydrogens (tertiary/aromatic N) is 1. The van der Waals surface area contributed by atoms with Crippen molar-refractivity contribution in [2.45, 2.75) is 0 Å². The molecule has 0 aliphatic rings. The molecular weight excluding hydrogens is 388 g/mol. The Hall–Kier alpha value is -3.56. The van der Waals surface area contributed by atoms with Gasteiger partial charge in [-0.1, -0.05) is 0 Å². The van der Waals surface area contributed by atoms with E-state index in [4.69, 9.17) is 0 Å². The van der Waals surface area contributed by atoms with Gasteiger partial charge in [0.05, 0.1) is 28.8 Å². The van der Waals surface area contributed by atoms with Crippen molar-refractivity contribution >= 4 is 23.0 Å². The first-order valence-corrected chi connectivity index (χ1v) is 7.58. The van der Waals surface area contributed by atoms with Gasteiger partial charge < -0.3 is 10.6 Å². The number of carbonyl (C=O) groups excluding carboxylic acids is 1. The summed E-state index contributed by atoms with van der Waals surface area (Å²) in [6.07, 6.45) is 2.23. The van der Waals surface area contributed by atoms with Gasteiger partial charge in [-0.2, -0.15) is 0 Å². The van der Waals surface area contributed by atoms with Crippen LogP contribution in [-0.2, 0) is 0 Å². The second-order valence-corrected chi connectivity index (χ2v) is 5.49. The molecule has 1 aromatic heterocycles. The zero-order chi connectivity index (χ0) is 20.4. The van der Waals surface area contributed by atoms with E-state index in [2.05, 4.69) is 10.3 Å². The van der Waals surface area contributed by atoms with Crippen molar-refractivity contribution in [2.24, 2.45) is 0 Å². The van der Waals surface area contributed by atoms with E-state index >= 15 is 0 Å². The van der Waals surface area contributed by atoms with Gasteiger partial charge in [0, 0.05) is 6.20 Å². The van der Waals surface area contributed by atoms with E-state index in [1.54, 1.807) is 0 Å².